The number of benzene rings is 5. The van der Waals surface area contributed by atoms with Crippen molar-refractivity contribution in [2.24, 2.45) is 4.99 Å². The largest absolute Gasteiger partial charge is 0.591 e. The van der Waals surface area contributed by atoms with Gasteiger partial charge in [-0.3, -0.25) is 0 Å². The van der Waals surface area contributed by atoms with Crippen molar-refractivity contribution in [1.82, 2.24) is 9.55 Å². The molecule has 0 atom stereocenters. The van der Waals surface area contributed by atoms with Crippen molar-refractivity contribution < 1.29 is 9.31 Å². The Bertz CT molecular complexity index is 2400. The standard InChI is InChI=1S/C40H28BN3O2/c1-41-45-38-17-9-6-14-29(38)32-20-22-34(42-32)40(35-23-21-33(43-35)30-15-7-10-18-39(30)46-41)26-19-24-37-31(25-26)28-13-5-8-16-36(28)44(37)27-11-3-2-4-12-27/h2-25,42H,1H3/b40-35-. The summed E-state index contributed by atoms with van der Waals surface area (Å²) in [6, 6.07) is 46.2. The minimum absolute atomic E-state index is 0.513. The van der Waals surface area contributed by atoms with Crippen molar-refractivity contribution in [2.45, 2.75) is 6.82 Å². The Morgan fingerprint density at radius 2 is 1.28 bits per heavy atom. The first-order valence-corrected chi connectivity index (χ1v) is 15.5. The smallest absolute Gasteiger partial charge is 0.525 e. The molecule has 5 aromatic carbocycles. The van der Waals surface area contributed by atoms with Gasteiger partial charge in [-0.05, 0) is 91.3 Å². The summed E-state index contributed by atoms with van der Waals surface area (Å²) >= 11 is 0. The van der Waals surface area contributed by atoms with E-state index in [0.29, 0.717) is 0 Å². The van der Waals surface area contributed by atoms with E-state index >= 15 is 0 Å². The van der Waals surface area contributed by atoms with Gasteiger partial charge >= 0.3 is 7.12 Å². The monoisotopic (exact) mass is 593 g/mol. The van der Waals surface area contributed by atoms with Gasteiger partial charge in [0.25, 0.3) is 0 Å². The molecule has 9 rings (SSSR count). The van der Waals surface area contributed by atoms with E-state index in [2.05, 4.69) is 113 Å². The van der Waals surface area contributed by atoms with Crippen LogP contribution in [-0.2, 0) is 0 Å². The van der Waals surface area contributed by atoms with Gasteiger partial charge in [0.2, 0.25) is 0 Å². The molecule has 0 radical (unpaired) electrons. The topological polar surface area (TPSA) is 51.5 Å². The number of allylic oxidation sites excluding steroid dienone is 2. The molecule has 4 heterocycles. The molecule has 0 fully saturated rings. The fraction of sp³-hybridized carbons (Fsp3) is 0.0250. The summed E-state index contributed by atoms with van der Waals surface area (Å²) < 4.78 is 15.1. The van der Waals surface area contributed by atoms with Crippen molar-refractivity contribution in [2.75, 3.05) is 0 Å². The molecule has 7 aromatic rings. The number of aromatic amines is 1. The maximum absolute atomic E-state index is 6.37. The van der Waals surface area contributed by atoms with E-state index in [1.54, 1.807) is 0 Å². The Morgan fingerprint density at radius 1 is 0.609 bits per heavy atom. The van der Waals surface area contributed by atoms with E-state index < -0.39 is 7.12 Å². The molecule has 0 spiro atoms. The predicted molar refractivity (Wildman–Crippen MR) is 188 cm³/mol. The van der Waals surface area contributed by atoms with Crippen molar-refractivity contribution in [3.05, 3.63) is 168 Å². The average molecular weight is 593 g/mol. The Kier molecular flexibility index (Phi) is 6.06. The average Bonchev–Trinajstić information content (AvgIpc) is 3.84. The number of aromatic nitrogens is 2. The van der Waals surface area contributed by atoms with E-state index in [1.165, 1.54) is 16.3 Å². The first kappa shape index (κ1) is 26.4. The molecule has 0 amide bonds. The number of nitrogens with one attached hydrogen (secondary N) is 1. The highest BCUT2D eigenvalue weighted by atomic mass is 16.6. The van der Waals surface area contributed by atoms with Gasteiger partial charge in [0.15, 0.2) is 0 Å². The van der Waals surface area contributed by atoms with Crippen LogP contribution in [0.1, 0.15) is 16.8 Å². The fourth-order valence-corrected chi connectivity index (χ4v) is 6.73. The summed E-state index contributed by atoms with van der Waals surface area (Å²) in [4.78, 5) is 8.93. The number of aliphatic imine (C=N–C) groups is 1. The van der Waals surface area contributed by atoms with Crippen LogP contribution in [0.4, 0.5) is 0 Å². The summed E-state index contributed by atoms with van der Waals surface area (Å²) in [5.41, 5.74) is 11.1. The van der Waals surface area contributed by atoms with Crippen LogP contribution in [-0.4, -0.2) is 22.4 Å². The number of fused-ring (bicyclic) bond motifs is 10. The van der Waals surface area contributed by atoms with Crippen LogP contribution in [0.15, 0.2) is 156 Å². The maximum Gasteiger partial charge on any atom is 0.591 e. The number of hydrogen-bond donors (Lipinski definition) is 1. The number of hydrogen-bond acceptors (Lipinski definition) is 3. The van der Waals surface area contributed by atoms with Gasteiger partial charge in [-0.15, -0.1) is 0 Å². The van der Waals surface area contributed by atoms with Crippen molar-refractivity contribution in [1.29, 1.82) is 0 Å². The van der Waals surface area contributed by atoms with Crippen LogP contribution in [0.5, 0.6) is 11.5 Å². The zero-order valence-electron chi connectivity index (χ0n) is 25.1. The summed E-state index contributed by atoms with van der Waals surface area (Å²) in [5.74, 6) is 1.48. The van der Waals surface area contributed by atoms with Gasteiger partial charge in [0, 0.05) is 44.5 Å². The number of para-hydroxylation sites is 4. The number of H-pyrrole nitrogens is 1. The fourth-order valence-electron chi connectivity index (χ4n) is 6.73. The summed E-state index contributed by atoms with van der Waals surface area (Å²) in [6.07, 6.45) is 4.17. The van der Waals surface area contributed by atoms with Gasteiger partial charge in [-0.25, -0.2) is 4.99 Å². The molecular formula is C40H28BN3O2. The lowest BCUT2D eigenvalue weighted by Gasteiger charge is -2.18. The molecule has 5 nitrogen and oxygen atoms in total. The minimum atomic E-state index is -0.513. The molecule has 0 saturated carbocycles. The third-order valence-electron chi connectivity index (χ3n) is 8.75. The molecule has 2 aromatic heterocycles. The first-order chi connectivity index (χ1) is 22.7. The van der Waals surface area contributed by atoms with Gasteiger partial charge in [0.1, 0.15) is 11.5 Å². The van der Waals surface area contributed by atoms with Crippen LogP contribution < -0.4 is 9.31 Å². The minimum Gasteiger partial charge on any atom is -0.525 e. The third-order valence-corrected chi connectivity index (χ3v) is 8.75. The van der Waals surface area contributed by atoms with Gasteiger partial charge < -0.3 is 18.9 Å². The molecule has 2 aliphatic heterocycles. The van der Waals surface area contributed by atoms with Crippen LogP contribution in [0.25, 0.3) is 44.3 Å². The van der Waals surface area contributed by atoms with Crippen molar-refractivity contribution >= 4 is 40.2 Å². The lowest BCUT2D eigenvalue weighted by atomic mass is 9.93. The molecule has 0 unspecified atom stereocenters. The Hall–Kier alpha value is -6.01. The third kappa shape index (κ3) is 4.30. The molecule has 0 aliphatic carbocycles. The molecule has 218 valence electrons. The lowest BCUT2D eigenvalue weighted by molar-refractivity contribution is 0.431. The highest BCUT2D eigenvalue weighted by Crippen LogP contribution is 2.39. The summed E-state index contributed by atoms with van der Waals surface area (Å²) in [7, 11) is -0.513. The summed E-state index contributed by atoms with van der Waals surface area (Å²) in [6.45, 7) is 1.92. The normalized spacial score (nSPS) is 15.6. The Labute approximate surface area is 266 Å². The molecule has 6 heteroatoms. The van der Waals surface area contributed by atoms with Crippen LogP contribution in [0.3, 0.4) is 0 Å². The molecule has 46 heavy (non-hydrogen) atoms. The lowest BCUT2D eigenvalue weighted by Crippen LogP contribution is -2.26. The highest BCUT2D eigenvalue weighted by Gasteiger charge is 2.24. The second-order valence-corrected chi connectivity index (χ2v) is 11.6. The second kappa shape index (κ2) is 10.6. The van der Waals surface area contributed by atoms with Crippen LogP contribution >= 0.6 is 0 Å². The number of rotatable bonds is 2. The van der Waals surface area contributed by atoms with Crippen molar-refractivity contribution in [3.8, 4) is 28.4 Å². The van der Waals surface area contributed by atoms with Crippen LogP contribution in [0, 0.1) is 0 Å². The van der Waals surface area contributed by atoms with Crippen LogP contribution in [0.2, 0.25) is 6.82 Å². The molecule has 0 saturated heterocycles. The van der Waals surface area contributed by atoms with Crippen molar-refractivity contribution in [3.63, 3.8) is 0 Å². The second-order valence-electron chi connectivity index (χ2n) is 11.6. The summed E-state index contributed by atoms with van der Waals surface area (Å²) in [5, 5.41) is 2.40. The van der Waals surface area contributed by atoms with E-state index in [9.17, 15) is 0 Å². The quantitative estimate of drug-likeness (QED) is 0.203. The first-order valence-electron chi connectivity index (χ1n) is 15.5. The van der Waals surface area contributed by atoms with E-state index in [4.69, 9.17) is 14.3 Å². The van der Waals surface area contributed by atoms with E-state index in [0.717, 1.165) is 67.8 Å². The van der Waals surface area contributed by atoms with E-state index in [-0.39, 0.29) is 0 Å². The maximum atomic E-state index is 6.37. The molecule has 4 bridgehead atoms. The Balaban J connectivity index is 1.30. The predicted octanol–water partition coefficient (Wildman–Crippen LogP) is 9.49. The molecule has 1 N–H and O–H groups in total. The molecule has 2 aliphatic rings. The van der Waals surface area contributed by atoms with Gasteiger partial charge in [-0.1, -0.05) is 66.7 Å². The Morgan fingerprint density at radius 3 is 2.13 bits per heavy atom. The van der Waals surface area contributed by atoms with E-state index in [1.807, 2.05) is 49.3 Å². The van der Waals surface area contributed by atoms with Gasteiger partial charge in [-0.2, -0.15) is 0 Å². The molecular weight excluding hydrogens is 565 g/mol. The SMILES string of the molecule is CB1Oc2ccccc2C2=N/C(=C(/c3ccc4c(c3)c3ccccc3n4-c3ccccc3)c3ccc([nH]3)-c3ccccc3O1)C=C2. The highest BCUT2D eigenvalue weighted by molar-refractivity contribution is 6.44. The zero-order valence-corrected chi connectivity index (χ0v) is 25.1. The van der Waals surface area contributed by atoms with Gasteiger partial charge in [0.05, 0.1) is 22.4 Å². The number of nitrogens with zero attached hydrogens (tertiary/aromatic N) is 2. The zero-order chi connectivity index (χ0) is 30.6.